The molecule has 88 valence electrons. The number of esters is 1. The molecule has 0 aliphatic rings. The molecular formula is C11H13Cl2NO2. The van der Waals surface area contributed by atoms with Crippen LogP contribution in [0.3, 0.4) is 0 Å². The summed E-state index contributed by atoms with van der Waals surface area (Å²) in [6, 6.07) is 5.01. The van der Waals surface area contributed by atoms with Gasteiger partial charge in [0.05, 0.1) is 17.2 Å². The molecule has 0 saturated carbocycles. The van der Waals surface area contributed by atoms with Crippen molar-refractivity contribution in [3.05, 3.63) is 33.8 Å². The van der Waals surface area contributed by atoms with Crippen molar-refractivity contribution in [3.8, 4) is 0 Å². The number of halogens is 2. The fraction of sp³-hybridized carbons (Fsp3) is 0.364. The van der Waals surface area contributed by atoms with Crippen LogP contribution in [-0.4, -0.2) is 19.1 Å². The lowest BCUT2D eigenvalue weighted by Crippen LogP contribution is -2.34. The molecule has 3 nitrogen and oxygen atoms in total. The van der Waals surface area contributed by atoms with Crippen LogP contribution in [0.4, 0.5) is 0 Å². The minimum Gasteiger partial charge on any atom is -0.468 e. The van der Waals surface area contributed by atoms with Crippen LogP contribution in [0, 0.1) is 0 Å². The number of carbonyl (C=O) groups is 1. The van der Waals surface area contributed by atoms with Gasteiger partial charge in [0, 0.05) is 6.54 Å². The van der Waals surface area contributed by atoms with Gasteiger partial charge in [-0.25, -0.2) is 0 Å². The largest absolute Gasteiger partial charge is 0.468 e. The van der Waals surface area contributed by atoms with Crippen LogP contribution in [0.5, 0.6) is 0 Å². The van der Waals surface area contributed by atoms with Crippen LogP contribution in [0.1, 0.15) is 12.5 Å². The van der Waals surface area contributed by atoms with Crippen LogP contribution < -0.4 is 5.32 Å². The smallest absolute Gasteiger partial charge is 0.322 e. The molecule has 1 atom stereocenters. The predicted molar refractivity (Wildman–Crippen MR) is 64.8 cm³/mol. The molecule has 1 aromatic rings. The van der Waals surface area contributed by atoms with Crippen LogP contribution in [0.25, 0.3) is 0 Å². The summed E-state index contributed by atoms with van der Waals surface area (Å²) < 4.78 is 4.59. The van der Waals surface area contributed by atoms with Crippen molar-refractivity contribution in [3.63, 3.8) is 0 Å². The molecule has 0 saturated heterocycles. The molecule has 0 aliphatic carbocycles. The topological polar surface area (TPSA) is 38.3 Å². The lowest BCUT2D eigenvalue weighted by Gasteiger charge is -2.12. The predicted octanol–water partition coefficient (Wildman–Crippen LogP) is 2.64. The van der Waals surface area contributed by atoms with Crippen molar-refractivity contribution >= 4 is 29.2 Å². The van der Waals surface area contributed by atoms with E-state index in [4.69, 9.17) is 23.2 Å². The Morgan fingerprint density at radius 2 is 2.19 bits per heavy atom. The van der Waals surface area contributed by atoms with E-state index in [1.807, 2.05) is 12.1 Å². The molecule has 0 radical (unpaired) electrons. The average molecular weight is 262 g/mol. The van der Waals surface area contributed by atoms with Gasteiger partial charge in [-0.2, -0.15) is 0 Å². The van der Waals surface area contributed by atoms with E-state index in [2.05, 4.69) is 10.1 Å². The molecule has 1 rings (SSSR count). The van der Waals surface area contributed by atoms with Crippen LogP contribution >= 0.6 is 23.2 Å². The highest BCUT2D eigenvalue weighted by Gasteiger charge is 2.13. The number of nitrogens with one attached hydrogen (secondary N) is 1. The van der Waals surface area contributed by atoms with Gasteiger partial charge in [0.15, 0.2) is 0 Å². The molecule has 0 bridgehead atoms. The maximum absolute atomic E-state index is 11.1. The normalized spacial score (nSPS) is 12.2. The Kier molecular flexibility index (Phi) is 5.06. The summed E-state index contributed by atoms with van der Waals surface area (Å²) in [6.45, 7) is 2.19. The Hall–Kier alpha value is -0.770. The van der Waals surface area contributed by atoms with E-state index in [0.717, 1.165) is 5.56 Å². The fourth-order valence-electron chi connectivity index (χ4n) is 1.21. The second-order valence-electron chi connectivity index (χ2n) is 3.34. The average Bonchev–Trinajstić information content (AvgIpc) is 2.29. The minimum atomic E-state index is -0.375. The zero-order valence-corrected chi connectivity index (χ0v) is 10.6. The first-order chi connectivity index (χ1) is 7.56. The number of carbonyl (C=O) groups excluding carboxylic acids is 1. The SMILES string of the molecule is COC(=O)[C@H](C)NCc1cccc(Cl)c1Cl. The Balaban J connectivity index is 2.61. The summed E-state index contributed by atoms with van der Waals surface area (Å²) in [5, 5.41) is 4.01. The molecule has 0 aromatic heterocycles. The molecule has 5 heteroatoms. The first-order valence-corrected chi connectivity index (χ1v) is 5.56. The molecule has 0 fully saturated rings. The molecule has 16 heavy (non-hydrogen) atoms. The zero-order chi connectivity index (χ0) is 12.1. The fourth-order valence-corrected chi connectivity index (χ4v) is 1.60. The number of hydrogen-bond acceptors (Lipinski definition) is 3. The van der Waals surface area contributed by atoms with Gasteiger partial charge in [-0.15, -0.1) is 0 Å². The van der Waals surface area contributed by atoms with Gasteiger partial charge in [0.2, 0.25) is 0 Å². The van der Waals surface area contributed by atoms with Gasteiger partial charge >= 0.3 is 5.97 Å². The number of hydrogen-bond donors (Lipinski definition) is 1. The Bertz CT molecular complexity index is 382. The second kappa shape index (κ2) is 6.09. The van der Waals surface area contributed by atoms with Crippen molar-refractivity contribution in [2.45, 2.75) is 19.5 Å². The van der Waals surface area contributed by atoms with E-state index in [1.165, 1.54) is 7.11 Å². The summed E-state index contributed by atoms with van der Waals surface area (Å²) in [6.07, 6.45) is 0. The number of ether oxygens (including phenoxy) is 1. The molecular weight excluding hydrogens is 249 g/mol. The molecule has 0 aliphatic heterocycles. The van der Waals surface area contributed by atoms with Gasteiger partial charge in [0.1, 0.15) is 6.04 Å². The van der Waals surface area contributed by atoms with E-state index in [1.54, 1.807) is 13.0 Å². The van der Waals surface area contributed by atoms with Crippen LogP contribution in [0.2, 0.25) is 10.0 Å². The maximum Gasteiger partial charge on any atom is 0.322 e. The Morgan fingerprint density at radius 3 is 2.81 bits per heavy atom. The third-order valence-electron chi connectivity index (χ3n) is 2.19. The number of rotatable bonds is 4. The van der Waals surface area contributed by atoms with Crippen molar-refractivity contribution < 1.29 is 9.53 Å². The zero-order valence-electron chi connectivity index (χ0n) is 9.09. The van der Waals surface area contributed by atoms with Gasteiger partial charge in [-0.05, 0) is 18.6 Å². The summed E-state index contributed by atoms with van der Waals surface area (Å²) in [5.74, 6) is -0.307. The van der Waals surface area contributed by atoms with E-state index in [9.17, 15) is 4.79 Å². The highest BCUT2D eigenvalue weighted by molar-refractivity contribution is 6.42. The van der Waals surface area contributed by atoms with E-state index in [0.29, 0.717) is 16.6 Å². The third kappa shape index (κ3) is 3.37. The number of methoxy groups -OCH3 is 1. The highest BCUT2D eigenvalue weighted by atomic mass is 35.5. The van der Waals surface area contributed by atoms with Crippen LogP contribution in [0.15, 0.2) is 18.2 Å². The maximum atomic E-state index is 11.1. The monoisotopic (exact) mass is 261 g/mol. The van der Waals surface area contributed by atoms with Crippen molar-refractivity contribution in [1.29, 1.82) is 0 Å². The Labute approximate surface area is 105 Å². The molecule has 0 amide bonds. The van der Waals surface area contributed by atoms with E-state index >= 15 is 0 Å². The summed E-state index contributed by atoms with van der Waals surface area (Å²) >= 11 is 11.9. The quantitative estimate of drug-likeness (QED) is 0.848. The highest BCUT2D eigenvalue weighted by Crippen LogP contribution is 2.25. The second-order valence-corrected chi connectivity index (χ2v) is 4.12. The van der Waals surface area contributed by atoms with Crippen molar-refractivity contribution in [2.24, 2.45) is 0 Å². The molecule has 1 aromatic carbocycles. The Morgan fingerprint density at radius 1 is 1.50 bits per heavy atom. The van der Waals surface area contributed by atoms with Gasteiger partial charge < -0.3 is 10.1 Å². The minimum absolute atomic E-state index is 0.307. The van der Waals surface area contributed by atoms with E-state index < -0.39 is 0 Å². The van der Waals surface area contributed by atoms with Crippen molar-refractivity contribution in [1.82, 2.24) is 5.32 Å². The lowest BCUT2D eigenvalue weighted by molar-refractivity contribution is -0.142. The number of benzene rings is 1. The van der Waals surface area contributed by atoms with Crippen LogP contribution in [-0.2, 0) is 16.1 Å². The van der Waals surface area contributed by atoms with Gasteiger partial charge in [-0.3, -0.25) is 4.79 Å². The molecule has 1 N–H and O–H groups in total. The van der Waals surface area contributed by atoms with Gasteiger partial charge in [0.25, 0.3) is 0 Å². The lowest BCUT2D eigenvalue weighted by atomic mass is 10.2. The summed E-state index contributed by atoms with van der Waals surface area (Å²) in [4.78, 5) is 11.1. The summed E-state index contributed by atoms with van der Waals surface area (Å²) in [5.41, 5.74) is 0.852. The first-order valence-electron chi connectivity index (χ1n) is 4.80. The summed E-state index contributed by atoms with van der Waals surface area (Å²) in [7, 11) is 1.35. The first kappa shape index (κ1) is 13.3. The molecule has 0 unspecified atom stereocenters. The molecule has 0 heterocycles. The van der Waals surface area contributed by atoms with E-state index in [-0.39, 0.29) is 12.0 Å². The van der Waals surface area contributed by atoms with Gasteiger partial charge in [-0.1, -0.05) is 35.3 Å². The third-order valence-corrected chi connectivity index (χ3v) is 3.04. The standard InChI is InChI=1S/C11H13Cl2NO2/c1-7(11(15)16-2)14-6-8-4-3-5-9(12)10(8)13/h3-5,7,14H,6H2,1-2H3/t7-/m0/s1. The molecule has 0 spiro atoms. The van der Waals surface area contributed by atoms with Crippen molar-refractivity contribution in [2.75, 3.05) is 7.11 Å².